The summed E-state index contributed by atoms with van der Waals surface area (Å²) in [6, 6.07) is 118. The number of para-hydroxylation sites is 11. The first-order chi connectivity index (χ1) is 74.8. The summed E-state index contributed by atoms with van der Waals surface area (Å²) in [5.41, 5.74) is 26.1. The Hall–Kier alpha value is -17.7. The van der Waals surface area contributed by atoms with E-state index in [9.17, 15) is 21.9 Å². The topological polar surface area (TPSA) is 30.1 Å². The van der Waals surface area contributed by atoms with Crippen LogP contribution in [-0.4, -0.2) is 29.2 Å². The van der Waals surface area contributed by atoms with Gasteiger partial charge >= 0.3 is 0 Å². The summed E-state index contributed by atoms with van der Waals surface area (Å²) in [6.07, 6.45) is 0. The summed E-state index contributed by atoms with van der Waals surface area (Å²) < 4.78 is 168. The Balaban J connectivity index is 0.829. The molecule has 0 saturated carbocycles. The maximum atomic E-state index is 10.3. The van der Waals surface area contributed by atoms with Crippen molar-refractivity contribution in [2.24, 2.45) is 0 Å². The molecule has 2 aliphatic rings. The summed E-state index contributed by atoms with van der Waals surface area (Å²) in [5, 5.41) is 9.83. The highest BCUT2D eigenvalue weighted by molar-refractivity contribution is 7.00. The maximum Gasteiger partial charge on any atom is 0.252 e. The molecule has 0 N–H and O–H groups in total. The molecule has 0 saturated heterocycles. The van der Waals surface area contributed by atoms with Crippen LogP contribution in [0.5, 0.6) is 0 Å². The van der Waals surface area contributed by atoms with Gasteiger partial charge in [-0.3, -0.25) is 0 Å². The molecular weight excluding hydrogens is 1670 g/mol. The highest BCUT2D eigenvalue weighted by Crippen LogP contribution is 2.58. The molecule has 9 heterocycles. The van der Waals surface area contributed by atoms with E-state index in [1.54, 1.807) is 9.13 Å². The quantitative estimate of drug-likeness (QED) is 0.121. The van der Waals surface area contributed by atoms with Gasteiger partial charge in [-0.1, -0.05) is 318 Å². The van der Waals surface area contributed by atoms with Crippen molar-refractivity contribution >= 4 is 199 Å². The van der Waals surface area contributed by atoms with Crippen LogP contribution in [0.2, 0.25) is 0 Å². The highest BCUT2D eigenvalue weighted by Gasteiger charge is 2.47. The van der Waals surface area contributed by atoms with E-state index < -0.39 is 109 Å². The molecule has 8 heteroatoms. The predicted octanol–water partition coefficient (Wildman–Crippen LogP) is 32.7. The van der Waals surface area contributed by atoms with Gasteiger partial charge in [0.05, 0.1) is 99.5 Å². The molecule has 0 amide bonds. The molecule has 2 aliphatic heterocycles. The molecule has 7 aromatic heterocycles. The van der Waals surface area contributed by atoms with Crippen molar-refractivity contribution in [1.82, 2.24) is 22.5 Å². The van der Waals surface area contributed by atoms with Gasteiger partial charge in [0.1, 0.15) is 0 Å². The lowest BCUT2D eigenvalue weighted by atomic mass is 9.33. The smallest absolute Gasteiger partial charge is 0.252 e. The first-order valence-electron chi connectivity index (χ1n) is 54.8. The van der Waals surface area contributed by atoms with E-state index in [0.717, 1.165) is 187 Å². The largest absolute Gasteiger partial charge is 0.310 e. The van der Waals surface area contributed by atoms with Gasteiger partial charge in [-0.15, -0.1) is 0 Å². The fourth-order valence-electron chi connectivity index (χ4n) is 23.6. The van der Waals surface area contributed by atoms with Crippen LogP contribution in [0, 0.1) is 0 Å². The highest BCUT2D eigenvalue weighted by atomic mass is 15.2. The Kier molecular flexibility index (Phi) is 13.1. The molecular formula is C130H84BN7. The van der Waals surface area contributed by atoms with E-state index in [4.69, 9.17) is 0 Å². The average molecular weight is 1770 g/mol. The number of aromatic nitrogens is 5. The number of hydrogen-bond acceptors (Lipinski definition) is 2. The lowest BCUT2D eigenvalue weighted by Crippen LogP contribution is -2.61. The maximum absolute atomic E-state index is 10.3. The Morgan fingerprint density at radius 1 is 0.217 bits per heavy atom. The molecule has 0 unspecified atom stereocenters. The number of nitrogens with zero attached hydrogens (tertiary/aromatic N) is 7. The second kappa shape index (κ2) is 28.9. The first kappa shape index (κ1) is 62.6. The van der Waals surface area contributed by atoms with E-state index in [0.29, 0.717) is 39.4 Å². The molecule has 0 radical (unpaired) electrons. The monoisotopic (exact) mass is 1770 g/mol. The van der Waals surface area contributed by atoms with Crippen LogP contribution in [0.25, 0.3) is 225 Å². The minimum Gasteiger partial charge on any atom is -0.310 e. The van der Waals surface area contributed by atoms with Crippen LogP contribution in [0.15, 0.2) is 455 Å². The second-order valence-corrected chi connectivity index (χ2v) is 37.8. The fourth-order valence-corrected chi connectivity index (χ4v) is 23.6. The van der Waals surface area contributed by atoms with Crippen molar-refractivity contribution in [2.75, 3.05) is 9.80 Å². The zero-order chi connectivity index (χ0) is 105. The van der Waals surface area contributed by atoms with E-state index in [-0.39, 0.29) is 55.0 Å². The minimum absolute atomic E-state index is 0.0756. The standard InChI is InChI=1S/C130H84BN7/c1-130(2,3)87-75-102(80-35-9-5-10-36-80)127(103(76-87)83-38-31-37-81(67-83)79-33-7-4-8-34-79)138-122-78-90(134-113-54-24-15-43-95(113)96-44-16-25-55-114(96)134)63-65-110(122)131-109-64-62-89(133-111-52-22-13-41-93(111)94-42-14-23-53-112(94)133)77-121(109)137(123-73-84(74-124(138)125(123)131)82-61-66-120-104(68-82)97-45-17-26-56-115(97)132(120)88-39-11-6-12-40-88)126-91(85-69-105-98-46-18-27-57-116(98)135-117-58-28-19-47-99(117)106(70-85)128(105)135)50-32-51-92(126)86-71-107-100-48-20-29-59-118(100)136-119-60-30-21-49-101(119)108(72-86)129(107)136/h4-78H,1-3H3/i13D,14D,15D,16D,22D,23D,24D,25D,41D,42D,43D,44D,52D,53D,54D,55D. The third kappa shape index (κ3) is 10.9. The molecule has 642 valence electrons. The summed E-state index contributed by atoms with van der Waals surface area (Å²) in [7, 11) is 0. The Morgan fingerprint density at radius 3 is 1.04 bits per heavy atom. The van der Waals surface area contributed by atoms with Crippen LogP contribution in [-0.2, 0) is 5.41 Å². The van der Waals surface area contributed by atoms with E-state index in [1.807, 2.05) is 54.6 Å². The van der Waals surface area contributed by atoms with Crippen molar-refractivity contribution in [1.29, 1.82) is 0 Å². The van der Waals surface area contributed by atoms with Gasteiger partial charge in [0.2, 0.25) is 0 Å². The second-order valence-electron chi connectivity index (χ2n) is 37.8. The average Bonchev–Trinajstić information content (AvgIpc) is 0.933. The SMILES string of the molecule is [2H]c1c([2H])c([2H])c2c(c1[2H])c1c([2H])c([2H])c([2H])c([2H])c1n2-c1ccc2c(c1)N(c1c(-c3cc4c5ccccc5n5c6ccccc6c(c3)c45)cccc1-c1cc3c4ccccc4n4c5ccccc5c(c1)c34)c1cc(-c3ccc4c(c3)c3ccccc3n4-c3ccccc3)cc3c1B2c1ccc(-n2c4c([2H])c([2H])c([2H])c([2H])c4c4c([2H])c([2H])c([2H])c([2H])c42)cc1N3c1c(-c2ccccc2)cc(C(C)(C)C)cc1-c1cccc(-c2ccccc2)c1. The molecule has 7 nitrogen and oxygen atoms in total. The summed E-state index contributed by atoms with van der Waals surface area (Å²) in [6.45, 7) is 5.77. The van der Waals surface area contributed by atoms with E-state index in [2.05, 4.69) is 347 Å². The van der Waals surface area contributed by atoms with E-state index in [1.165, 1.54) is 0 Å². The first-order valence-corrected chi connectivity index (χ1v) is 46.8. The summed E-state index contributed by atoms with van der Waals surface area (Å²) in [4.78, 5) is 4.81. The van der Waals surface area contributed by atoms with Crippen molar-refractivity contribution in [3.63, 3.8) is 0 Å². The number of fused-ring (bicyclic) bond motifs is 25. The summed E-state index contributed by atoms with van der Waals surface area (Å²) >= 11 is 0. The molecule has 0 spiro atoms. The molecule has 21 aromatic carbocycles. The third-order valence-corrected chi connectivity index (χ3v) is 29.5. The van der Waals surface area contributed by atoms with Crippen LogP contribution in [0.3, 0.4) is 0 Å². The number of anilines is 6. The fraction of sp³-hybridized carbons (Fsp3) is 0.0308. The van der Waals surface area contributed by atoms with Gasteiger partial charge in [-0.2, -0.15) is 0 Å². The lowest BCUT2D eigenvalue weighted by Gasteiger charge is -2.46. The minimum atomic E-state index is -0.916. The lowest BCUT2D eigenvalue weighted by molar-refractivity contribution is 0.591. The normalized spacial score (nSPS) is 14.5. The van der Waals surface area contributed by atoms with Gasteiger partial charge in [0, 0.05) is 137 Å². The molecule has 30 rings (SSSR count). The Morgan fingerprint density at radius 2 is 0.572 bits per heavy atom. The van der Waals surface area contributed by atoms with Crippen molar-refractivity contribution < 1.29 is 21.9 Å². The number of benzene rings is 21. The van der Waals surface area contributed by atoms with Gasteiger partial charge < -0.3 is 32.3 Å². The molecule has 0 aliphatic carbocycles. The van der Waals surface area contributed by atoms with Crippen molar-refractivity contribution in [3.8, 4) is 83.8 Å². The zero-order valence-corrected chi connectivity index (χ0v) is 74.8. The Bertz CT molecular complexity index is 10600. The van der Waals surface area contributed by atoms with Crippen LogP contribution in [0.4, 0.5) is 34.1 Å². The molecule has 0 bridgehead atoms. The van der Waals surface area contributed by atoms with Crippen molar-refractivity contribution in [3.05, 3.63) is 460 Å². The molecule has 138 heavy (non-hydrogen) atoms. The van der Waals surface area contributed by atoms with Gasteiger partial charge in [-0.25, -0.2) is 0 Å². The van der Waals surface area contributed by atoms with Crippen LogP contribution < -0.4 is 26.2 Å². The van der Waals surface area contributed by atoms with Gasteiger partial charge in [0.15, 0.2) is 0 Å². The molecule has 0 fully saturated rings. The van der Waals surface area contributed by atoms with Crippen LogP contribution >= 0.6 is 0 Å². The third-order valence-electron chi connectivity index (χ3n) is 29.5. The summed E-state index contributed by atoms with van der Waals surface area (Å²) in [5.74, 6) is 0. The van der Waals surface area contributed by atoms with E-state index >= 15 is 0 Å². The molecule has 28 aromatic rings. The van der Waals surface area contributed by atoms with Crippen LogP contribution in [0.1, 0.15) is 48.3 Å². The van der Waals surface area contributed by atoms with Gasteiger partial charge in [-0.05, 0) is 230 Å². The predicted molar refractivity (Wildman–Crippen MR) is 584 cm³/mol. The Labute approximate surface area is 818 Å². The number of rotatable bonds is 11. The molecule has 0 atom stereocenters. The van der Waals surface area contributed by atoms with Gasteiger partial charge in [0.25, 0.3) is 6.71 Å². The van der Waals surface area contributed by atoms with Crippen molar-refractivity contribution in [2.45, 2.75) is 26.2 Å². The number of hydrogen-bond donors (Lipinski definition) is 0. The zero-order valence-electron chi connectivity index (χ0n) is 90.8.